The lowest BCUT2D eigenvalue weighted by Gasteiger charge is -2.33. The zero-order valence-corrected chi connectivity index (χ0v) is 11.9. The van der Waals surface area contributed by atoms with E-state index in [1.165, 1.54) is 31.2 Å². The molecule has 2 aromatic rings. The highest BCUT2D eigenvalue weighted by atomic mass is 16.5. The van der Waals surface area contributed by atoms with Crippen LogP contribution in [-0.2, 0) is 16.9 Å². The predicted octanol–water partition coefficient (Wildman–Crippen LogP) is 3.15. The second kappa shape index (κ2) is 5.75. The molecule has 1 fully saturated rings. The van der Waals surface area contributed by atoms with E-state index in [2.05, 4.69) is 41.3 Å². The largest absolute Gasteiger partial charge is 0.365 e. The fraction of sp³-hybridized carbons (Fsp3) is 0.500. The first-order valence-electron chi connectivity index (χ1n) is 7.32. The third kappa shape index (κ3) is 2.90. The maximum atomic E-state index is 6.47. The number of rotatable bonds is 5. The van der Waals surface area contributed by atoms with Crippen LogP contribution in [0, 0.1) is 0 Å². The monoisotopic (exact) mass is 271 g/mol. The van der Waals surface area contributed by atoms with E-state index in [1.54, 1.807) is 12.7 Å². The standard InChI is InChI=1S/C16H21N3O/c1-16(11-19-13-17-12-18-19,14-7-3-2-4-8-14)20-15-9-5-6-10-15/h2-4,7-8,12-13,15H,5-6,9-11H2,1H3. The third-order valence-electron chi connectivity index (χ3n) is 4.04. The van der Waals surface area contributed by atoms with Crippen molar-refractivity contribution in [2.24, 2.45) is 0 Å². The molecule has 0 saturated heterocycles. The van der Waals surface area contributed by atoms with E-state index in [4.69, 9.17) is 4.74 Å². The fourth-order valence-electron chi connectivity index (χ4n) is 2.98. The van der Waals surface area contributed by atoms with Gasteiger partial charge >= 0.3 is 0 Å². The lowest BCUT2D eigenvalue weighted by molar-refractivity contribution is -0.0965. The van der Waals surface area contributed by atoms with Crippen LogP contribution in [0.4, 0.5) is 0 Å². The minimum Gasteiger partial charge on any atom is -0.365 e. The van der Waals surface area contributed by atoms with E-state index >= 15 is 0 Å². The van der Waals surface area contributed by atoms with Crippen LogP contribution in [-0.4, -0.2) is 20.9 Å². The second-order valence-electron chi connectivity index (χ2n) is 5.71. The van der Waals surface area contributed by atoms with Gasteiger partial charge in [-0.1, -0.05) is 43.2 Å². The summed E-state index contributed by atoms with van der Waals surface area (Å²) < 4.78 is 8.32. The molecule has 1 saturated carbocycles. The molecule has 0 aliphatic heterocycles. The first kappa shape index (κ1) is 13.3. The molecule has 0 spiro atoms. The summed E-state index contributed by atoms with van der Waals surface area (Å²) in [5, 5.41) is 4.23. The molecule has 1 aliphatic carbocycles. The lowest BCUT2D eigenvalue weighted by Crippen LogP contribution is -2.35. The Hall–Kier alpha value is -1.68. The van der Waals surface area contributed by atoms with Gasteiger partial charge in [-0.15, -0.1) is 0 Å². The lowest BCUT2D eigenvalue weighted by atomic mass is 9.95. The number of nitrogens with zero attached hydrogens (tertiary/aromatic N) is 3. The van der Waals surface area contributed by atoms with E-state index in [9.17, 15) is 0 Å². The summed E-state index contributed by atoms with van der Waals surface area (Å²) in [4.78, 5) is 4.03. The number of ether oxygens (including phenoxy) is 1. The summed E-state index contributed by atoms with van der Waals surface area (Å²) in [7, 11) is 0. The van der Waals surface area contributed by atoms with Gasteiger partial charge in [0.15, 0.2) is 0 Å². The molecule has 0 radical (unpaired) electrons. The molecule has 106 valence electrons. The molecule has 1 heterocycles. The number of aromatic nitrogens is 3. The predicted molar refractivity (Wildman–Crippen MR) is 77.2 cm³/mol. The highest BCUT2D eigenvalue weighted by molar-refractivity contribution is 5.21. The molecule has 0 bridgehead atoms. The molecule has 0 N–H and O–H groups in total. The molecule has 0 amide bonds. The van der Waals surface area contributed by atoms with Crippen LogP contribution in [0.5, 0.6) is 0 Å². The Balaban J connectivity index is 1.85. The Labute approximate surface area is 119 Å². The Morgan fingerprint density at radius 3 is 2.65 bits per heavy atom. The summed E-state index contributed by atoms with van der Waals surface area (Å²) >= 11 is 0. The number of benzene rings is 1. The van der Waals surface area contributed by atoms with Gasteiger partial charge in [0, 0.05) is 0 Å². The van der Waals surface area contributed by atoms with Crippen molar-refractivity contribution in [2.45, 2.75) is 50.9 Å². The van der Waals surface area contributed by atoms with Crippen molar-refractivity contribution in [3.8, 4) is 0 Å². The number of hydrogen-bond acceptors (Lipinski definition) is 3. The van der Waals surface area contributed by atoms with E-state index < -0.39 is 0 Å². The zero-order valence-electron chi connectivity index (χ0n) is 11.9. The SMILES string of the molecule is CC(Cn1cncn1)(OC1CCCC1)c1ccccc1. The van der Waals surface area contributed by atoms with Crippen molar-refractivity contribution in [3.05, 3.63) is 48.5 Å². The third-order valence-corrected chi connectivity index (χ3v) is 4.04. The summed E-state index contributed by atoms with van der Waals surface area (Å²) in [5.74, 6) is 0. The first-order chi connectivity index (χ1) is 9.76. The molecular weight excluding hydrogens is 250 g/mol. The maximum absolute atomic E-state index is 6.47. The highest BCUT2D eigenvalue weighted by Crippen LogP contribution is 2.33. The smallest absolute Gasteiger partial charge is 0.137 e. The molecule has 1 aromatic heterocycles. The van der Waals surface area contributed by atoms with E-state index in [0.29, 0.717) is 12.6 Å². The van der Waals surface area contributed by atoms with Crippen molar-refractivity contribution in [1.29, 1.82) is 0 Å². The summed E-state index contributed by atoms with van der Waals surface area (Å²) in [6, 6.07) is 10.4. The topological polar surface area (TPSA) is 39.9 Å². The van der Waals surface area contributed by atoms with Crippen LogP contribution in [0.3, 0.4) is 0 Å². The molecule has 1 unspecified atom stereocenters. The Kier molecular flexibility index (Phi) is 3.83. The van der Waals surface area contributed by atoms with E-state index in [1.807, 2.05) is 10.7 Å². The van der Waals surface area contributed by atoms with Crippen LogP contribution in [0.15, 0.2) is 43.0 Å². The number of hydrogen-bond donors (Lipinski definition) is 0. The Bertz CT molecular complexity index is 520. The van der Waals surface area contributed by atoms with Gasteiger partial charge in [0.25, 0.3) is 0 Å². The highest BCUT2D eigenvalue weighted by Gasteiger charge is 2.32. The van der Waals surface area contributed by atoms with Gasteiger partial charge in [0.2, 0.25) is 0 Å². The van der Waals surface area contributed by atoms with Crippen LogP contribution in [0.25, 0.3) is 0 Å². The van der Waals surface area contributed by atoms with E-state index in [-0.39, 0.29) is 5.60 Å². The van der Waals surface area contributed by atoms with Gasteiger partial charge < -0.3 is 4.74 Å². The van der Waals surface area contributed by atoms with E-state index in [0.717, 1.165) is 0 Å². The van der Waals surface area contributed by atoms with Crippen molar-refractivity contribution in [2.75, 3.05) is 0 Å². The molecule has 4 nitrogen and oxygen atoms in total. The quantitative estimate of drug-likeness (QED) is 0.838. The summed E-state index contributed by atoms with van der Waals surface area (Å²) in [6.45, 7) is 2.84. The van der Waals surface area contributed by atoms with Gasteiger partial charge in [-0.25, -0.2) is 9.67 Å². The minimum atomic E-state index is -0.357. The van der Waals surface area contributed by atoms with Gasteiger partial charge in [0.05, 0.1) is 12.6 Å². The Morgan fingerprint density at radius 2 is 2.00 bits per heavy atom. The fourth-order valence-corrected chi connectivity index (χ4v) is 2.98. The van der Waals surface area contributed by atoms with Crippen LogP contribution >= 0.6 is 0 Å². The summed E-state index contributed by atoms with van der Waals surface area (Å²) in [6.07, 6.45) is 8.57. The van der Waals surface area contributed by atoms with Gasteiger partial charge in [-0.3, -0.25) is 0 Å². The van der Waals surface area contributed by atoms with Crippen molar-refractivity contribution in [3.63, 3.8) is 0 Å². The molecule has 3 rings (SSSR count). The van der Waals surface area contributed by atoms with Crippen LogP contribution < -0.4 is 0 Å². The van der Waals surface area contributed by atoms with Crippen molar-refractivity contribution >= 4 is 0 Å². The average Bonchev–Trinajstić information content (AvgIpc) is 3.13. The van der Waals surface area contributed by atoms with Crippen LogP contribution in [0.2, 0.25) is 0 Å². The summed E-state index contributed by atoms with van der Waals surface area (Å²) in [5.41, 5.74) is 0.839. The normalized spacial score (nSPS) is 19.1. The van der Waals surface area contributed by atoms with Gasteiger partial charge in [-0.05, 0) is 25.3 Å². The second-order valence-corrected chi connectivity index (χ2v) is 5.71. The van der Waals surface area contributed by atoms with Crippen LogP contribution in [0.1, 0.15) is 38.2 Å². The van der Waals surface area contributed by atoms with Gasteiger partial charge in [0.1, 0.15) is 18.3 Å². The first-order valence-corrected chi connectivity index (χ1v) is 7.32. The average molecular weight is 271 g/mol. The molecule has 1 atom stereocenters. The van der Waals surface area contributed by atoms with Gasteiger partial charge in [-0.2, -0.15) is 5.10 Å². The molecular formula is C16H21N3O. The van der Waals surface area contributed by atoms with Crippen molar-refractivity contribution in [1.82, 2.24) is 14.8 Å². The minimum absolute atomic E-state index is 0.357. The molecule has 20 heavy (non-hydrogen) atoms. The molecule has 1 aliphatic rings. The zero-order chi connectivity index (χ0) is 13.8. The Morgan fingerprint density at radius 1 is 1.25 bits per heavy atom. The van der Waals surface area contributed by atoms with Crippen molar-refractivity contribution < 1.29 is 4.74 Å². The molecule has 4 heteroatoms. The maximum Gasteiger partial charge on any atom is 0.137 e. The molecule has 1 aromatic carbocycles.